The molecule has 0 bridgehead atoms. The lowest BCUT2D eigenvalue weighted by Gasteiger charge is -2.18. The Bertz CT molecular complexity index is 485. The smallest absolute Gasteiger partial charge is 0.243 e. The number of benzene rings is 1. The minimum Gasteiger partial charge on any atom is -0.320 e. The first-order chi connectivity index (χ1) is 10.9. The van der Waals surface area contributed by atoms with Crippen molar-refractivity contribution in [1.29, 1.82) is 0 Å². The zero-order valence-electron chi connectivity index (χ0n) is 14.5. The summed E-state index contributed by atoms with van der Waals surface area (Å²) in [7, 11) is 0. The number of carbonyl (C=O) groups excluding carboxylic acids is 2. The van der Waals surface area contributed by atoms with E-state index in [9.17, 15) is 9.59 Å². The highest BCUT2D eigenvalue weighted by molar-refractivity contribution is 5.98. The fourth-order valence-corrected chi connectivity index (χ4v) is 2.61. The number of hydrogen-bond acceptors (Lipinski definition) is 3. The normalized spacial score (nSPS) is 13.6. The molecule has 3 N–H and O–H groups in total. The summed E-state index contributed by atoms with van der Waals surface area (Å²) in [5.41, 5.74) is 6.97. The van der Waals surface area contributed by atoms with Gasteiger partial charge in [-0.15, -0.1) is 0 Å². The van der Waals surface area contributed by atoms with E-state index >= 15 is 0 Å². The number of nitrogens with two attached hydrogens (primary N) is 1. The van der Waals surface area contributed by atoms with Crippen LogP contribution < -0.4 is 11.1 Å². The van der Waals surface area contributed by atoms with Crippen molar-refractivity contribution in [3.63, 3.8) is 0 Å². The maximum absolute atomic E-state index is 12.5. The van der Waals surface area contributed by atoms with Crippen molar-refractivity contribution in [3.8, 4) is 0 Å². The van der Waals surface area contributed by atoms with Crippen LogP contribution in [0.5, 0.6) is 0 Å². The quantitative estimate of drug-likeness (QED) is 0.735. The third-order valence-electron chi connectivity index (χ3n) is 3.91. The Kier molecular flexibility index (Phi) is 8.56. The maximum Gasteiger partial charge on any atom is 0.243 e. The van der Waals surface area contributed by atoms with Crippen molar-refractivity contribution >= 4 is 11.8 Å². The van der Waals surface area contributed by atoms with Gasteiger partial charge in [0.25, 0.3) is 0 Å². The molecule has 0 heterocycles. The number of nitrogens with one attached hydrogen (secondary N) is 1. The summed E-state index contributed by atoms with van der Waals surface area (Å²) >= 11 is 0. The first-order valence-electron chi connectivity index (χ1n) is 8.58. The molecule has 128 valence electrons. The van der Waals surface area contributed by atoms with Gasteiger partial charge in [0.2, 0.25) is 11.8 Å². The van der Waals surface area contributed by atoms with E-state index in [1.807, 2.05) is 44.2 Å². The van der Waals surface area contributed by atoms with Crippen LogP contribution in [0.25, 0.3) is 0 Å². The monoisotopic (exact) mass is 318 g/mol. The number of amides is 2. The van der Waals surface area contributed by atoms with Crippen molar-refractivity contribution in [3.05, 3.63) is 35.9 Å². The Balaban J connectivity index is 2.66. The van der Waals surface area contributed by atoms with Crippen LogP contribution in [0.3, 0.4) is 0 Å². The number of unbranched alkanes of at least 4 members (excludes halogenated alkanes) is 1. The number of carbonyl (C=O) groups is 2. The molecule has 0 aromatic heterocycles. The predicted octanol–water partition coefficient (Wildman–Crippen LogP) is 3.05. The standard InChI is InChI=1S/C19H30N2O2/c1-4-5-11-16(13-15-9-7-6-8-10-15)18(22)21-19(23)17(20)12-14(2)3/h6-10,14,16-17H,4-5,11-13,20H2,1-3H3,(H,21,22,23)/t16?,17-/m0/s1. The Labute approximate surface area is 139 Å². The van der Waals surface area contributed by atoms with Gasteiger partial charge in [0, 0.05) is 5.92 Å². The van der Waals surface area contributed by atoms with Gasteiger partial charge in [-0.1, -0.05) is 63.9 Å². The molecule has 2 amide bonds. The van der Waals surface area contributed by atoms with Gasteiger partial charge in [-0.25, -0.2) is 0 Å². The molecule has 0 radical (unpaired) electrons. The lowest BCUT2D eigenvalue weighted by Crippen LogP contribution is -2.46. The first-order valence-corrected chi connectivity index (χ1v) is 8.58. The molecule has 4 heteroatoms. The molecule has 0 aliphatic rings. The van der Waals surface area contributed by atoms with Gasteiger partial charge in [-0.05, 0) is 30.7 Å². The van der Waals surface area contributed by atoms with Gasteiger partial charge in [0.1, 0.15) is 0 Å². The fourth-order valence-electron chi connectivity index (χ4n) is 2.61. The second-order valence-electron chi connectivity index (χ2n) is 6.62. The molecule has 0 spiro atoms. The third-order valence-corrected chi connectivity index (χ3v) is 3.91. The number of imide groups is 1. The molecule has 1 rings (SSSR count). The molecule has 2 atom stereocenters. The highest BCUT2D eigenvalue weighted by atomic mass is 16.2. The van der Waals surface area contributed by atoms with Crippen molar-refractivity contribution in [1.82, 2.24) is 5.32 Å². The Hall–Kier alpha value is -1.68. The summed E-state index contributed by atoms with van der Waals surface area (Å²) in [6, 6.07) is 9.29. The second kappa shape index (κ2) is 10.2. The van der Waals surface area contributed by atoms with E-state index in [2.05, 4.69) is 12.2 Å². The second-order valence-corrected chi connectivity index (χ2v) is 6.62. The van der Waals surface area contributed by atoms with Crippen LogP contribution in [-0.2, 0) is 16.0 Å². The van der Waals surface area contributed by atoms with Gasteiger partial charge < -0.3 is 5.73 Å². The Morgan fingerprint density at radius 2 is 1.78 bits per heavy atom. The Morgan fingerprint density at radius 3 is 2.35 bits per heavy atom. The first kappa shape index (κ1) is 19.4. The van der Waals surface area contributed by atoms with E-state index in [0.717, 1.165) is 24.8 Å². The van der Waals surface area contributed by atoms with Gasteiger partial charge in [-0.2, -0.15) is 0 Å². The highest BCUT2D eigenvalue weighted by Gasteiger charge is 2.23. The third kappa shape index (κ3) is 7.42. The van der Waals surface area contributed by atoms with E-state index < -0.39 is 6.04 Å². The van der Waals surface area contributed by atoms with Crippen molar-refractivity contribution < 1.29 is 9.59 Å². The van der Waals surface area contributed by atoms with Crippen LogP contribution in [0.2, 0.25) is 0 Å². The topological polar surface area (TPSA) is 72.2 Å². The summed E-state index contributed by atoms with van der Waals surface area (Å²) in [6.45, 7) is 6.12. The summed E-state index contributed by atoms with van der Waals surface area (Å²) < 4.78 is 0. The average Bonchev–Trinajstić information content (AvgIpc) is 2.51. The van der Waals surface area contributed by atoms with Gasteiger partial charge in [0.15, 0.2) is 0 Å². The zero-order valence-corrected chi connectivity index (χ0v) is 14.5. The van der Waals surface area contributed by atoms with Gasteiger partial charge in [-0.3, -0.25) is 14.9 Å². The molecule has 0 saturated heterocycles. The molecular formula is C19H30N2O2. The summed E-state index contributed by atoms with van der Waals surface area (Å²) in [5, 5.41) is 2.51. The van der Waals surface area contributed by atoms with E-state index in [0.29, 0.717) is 18.8 Å². The van der Waals surface area contributed by atoms with Crippen LogP contribution in [0.1, 0.15) is 52.0 Å². The molecular weight excluding hydrogens is 288 g/mol. The Morgan fingerprint density at radius 1 is 1.13 bits per heavy atom. The summed E-state index contributed by atoms with van der Waals surface area (Å²) in [5.74, 6) is -0.427. The fraction of sp³-hybridized carbons (Fsp3) is 0.579. The molecule has 0 saturated carbocycles. The largest absolute Gasteiger partial charge is 0.320 e. The summed E-state index contributed by atoms with van der Waals surface area (Å²) in [6.07, 6.45) is 4.01. The molecule has 0 aliphatic heterocycles. The number of hydrogen-bond donors (Lipinski definition) is 2. The van der Waals surface area contributed by atoms with Crippen molar-refractivity contribution in [2.75, 3.05) is 0 Å². The van der Waals surface area contributed by atoms with E-state index in [1.54, 1.807) is 0 Å². The lowest BCUT2D eigenvalue weighted by atomic mass is 9.93. The van der Waals surface area contributed by atoms with Gasteiger partial charge >= 0.3 is 0 Å². The van der Waals surface area contributed by atoms with Crippen LogP contribution in [0, 0.1) is 11.8 Å². The SMILES string of the molecule is CCCCC(Cc1ccccc1)C(=O)NC(=O)[C@@H](N)CC(C)C. The minimum atomic E-state index is -0.623. The molecule has 1 unspecified atom stereocenters. The lowest BCUT2D eigenvalue weighted by molar-refractivity contribution is -0.133. The van der Waals surface area contributed by atoms with Crippen LogP contribution >= 0.6 is 0 Å². The van der Waals surface area contributed by atoms with Crippen LogP contribution in [0.15, 0.2) is 30.3 Å². The van der Waals surface area contributed by atoms with E-state index in [-0.39, 0.29) is 17.7 Å². The van der Waals surface area contributed by atoms with Crippen LogP contribution in [-0.4, -0.2) is 17.9 Å². The average molecular weight is 318 g/mol. The highest BCUT2D eigenvalue weighted by Crippen LogP contribution is 2.16. The van der Waals surface area contributed by atoms with Crippen LogP contribution in [0.4, 0.5) is 0 Å². The molecule has 0 aliphatic carbocycles. The van der Waals surface area contributed by atoms with Gasteiger partial charge in [0.05, 0.1) is 6.04 Å². The van der Waals surface area contributed by atoms with Crippen molar-refractivity contribution in [2.24, 2.45) is 17.6 Å². The predicted molar refractivity (Wildman–Crippen MR) is 93.7 cm³/mol. The minimum absolute atomic E-state index is 0.187. The molecule has 0 fully saturated rings. The summed E-state index contributed by atoms with van der Waals surface area (Å²) in [4.78, 5) is 24.5. The van der Waals surface area contributed by atoms with E-state index in [4.69, 9.17) is 5.73 Å². The maximum atomic E-state index is 12.5. The molecule has 1 aromatic carbocycles. The molecule has 1 aromatic rings. The zero-order chi connectivity index (χ0) is 17.2. The van der Waals surface area contributed by atoms with E-state index in [1.165, 1.54) is 0 Å². The number of rotatable bonds is 9. The van der Waals surface area contributed by atoms with Crippen molar-refractivity contribution in [2.45, 2.75) is 58.9 Å². The molecule has 23 heavy (non-hydrogen) atoms. The molecule has 4 nitrogen and oxygen atoms in total.